The summed E-state index contributed by atoms with van der Waals surface area (Å²) in [5, 5.41) is 11.8. The lowest BCUT2D eigenvalue weighted by Gasteiger charge is -2.07. The van der Waals surface area contributed by atoms with E-state index in [9.17, 15) is 9.59 Å². The van der Waals surface area contributed by atoms with Gasteiger partial charge in [0.05, 0.1) is 18.2 Å². The van der Waals surface area contributed by atoms with Crippen LogP contribution in [0.15, 0.2) is 60.7 Å². The Morgan fingerprint density at radius 2 is 1.55 bits per heavy atom. The van der Waals surface area contributed by atoms with E-state index in [1.54, 1.807) is 31.2 Å². The molecule has 5 nitrogen and oxygen atoms in total. The highest BCUT2D eigenvalue weighted by Crippen LogP contribution is 2.20. The minimum absolute atomic E-state index is 0.0910. The van der Waals surface area contributed by atoms with Crippen LogP contribution in [0, 0.1) is 11.3 Å². The third-order valence-corrected chi connectivity index (χ3v) is 4.43. The van der Waals surface area contributed by atoms with Gasteiger partial charge < -0.3 is 10.1 Å². The Balaban J connectivity index is 1.67. The summed E-state index contributed by atoms with van der Waals surface area (Å²) in [5.41, 5.74) is 3.66. The number of carbonyl (C=O) groups excluding carboxylic acids is 2. The van der Waals surface area contributed by atoms with E-state index in [1.165, 1.54) is 0 Å². The number of esters is 1. The lowest BCUT2D eigenvalue weighted by Crippen LogP contribution is -2.24. The van der Waals surface area contributed by atoms with Crippen molar-refractivity contribution in [3.63, 3.8) is 0 Å². The maximum atomic E-state index is 12.2. The Bertz CT molecular complexity index is 878. The van der Waals surface area contributed by atoms with Crippen LogP contribution in [0.1, 0.15) is 48.5 Å². The molecule has 0 aliphatic rings. The van der Waals surface area contributed by atoms with Crippen LogP contribution in [0.5, 0.6) is 0 Å². The van der Waals surface area contributed by atoms with Crippen molar-refractivity contribution in [2.24, 2.45) is 0 Å². The number of rotatable bonds is 10. The van der Waals surface area contributed by atoms with E-state index in [-0.39, 0.29) is 11.9 Å². The first-order chi connectivity index (χ1) is 14.0. The average molecular weight is 390 g/mol. The van der Waals surface area contributed by atoms with Crippen LogP contribution in [-0.2, 0) is 9.53 Å². The highest BCUT2D eigenvalue weighted by molar-refractivity contribution is 5.94. The summed E-state index contributed by atoms with van der Waals surface area (Å²) in [6, 6.07) is 16.9. The SMILES string of the molecule is C=C(C)C(=O)OCCCCCCNC(=O)c1ccc(-c2ccc(C#N)cc2)cc1. The fourth-order valence-corrected chi connectivity index (χ4v) is 2.72. The predicted octanol–water partition coefficient (Wildman–Crippen LogP) is 4.63. The van der Waals surface area contributed by atoms with Crippen molar-refractivity contribution in [3.8, 4) is 17.2 Å². The van der Waals surface area contributed by atoms with Gasteiger partial charge in [-0.25, -0.2) is 4.79 Å². The molecule has 0 heterocycles. The molecule has 1 amide bonds. The molecular formula is C24H26N2O3. The normalized spacial score (nSPS) is 10.1. The van der Waals surface area contributed by atoms with E-state index >= 15 is 0 Å². The number of nitrogens with zero attached hydrogens (tertiary/aromatic N) is 1. The van der Waals surface area contributed by atoms with Gasteiger partial charge >= 0.3 is 5.97 Å². The third kappa shape index (κ3) is 7.27. The number of benzene rings is 2. The van der Waals surface area contributed by atoms with Crippen LogP contribution < -0.4 is 5.32 Å². The van der Waals surface area contributed by atoms with Crippen molar-refractivity contribution in [2.75, 3.05) is 13.2 Å². The largest absolute Gasteiger partial charge is 0.462 e. The lowest BCUT2D eigenvalue weighted by atomic mass is 10.0. The zero-order valence-corrected chi connectivity index (χ0v) is 16.7. The minimum Gasteiger partial charge on any atom is -0.462 e. The van der Waals surface area contributed by atoms with Crippen LogP contribution >= 0.6 is 0 Å². The molecule has 0 saturated heterocycles. The maximum absolute atomic E-state index is 12.2. The van der Waals surface area contributed by atoms with E-state index < -0.39 is 0 Å². The van der Waals surface area contributed by atoms with Crippen molar-refractivity contribution in [3.05, 3.63) is 71.8 Å². The first kappa shape index (κ1) is 21.9. The van der Waals surface area contributed by atoms with Crippen molar-refractivity contribution in [1.82, 2.24) is 5.32 Å². The standard InChI is InChI=1S/C24H26N2O3/c1-18(2)24(28)29-16-6-4-3-5-15-26-23(27)22-13-11-21(12-14-22)20-9-7-19(17-25)8-10-20/h7-14H,1,3-6,15-16H2,2H3,(H,26,27). The molecule has 0 aliphatic heterocycles. The summed E-state index contributed by atoms with van der Waals surface area (Å²) in [4.78, 5) is 23.5. The Morgan fingerprint density at radius 1 is 0.966 bits per heavy atom. The summed E-state index contributed by atoms with van der Waals surface area (Å²) in [6.45, 7) is 6.19. The fraction of sp³-hybridized carbons (Fsp3) is 0.292. The van der Waals surface area contributed by atoms with Gasteiger partial charge in [-0.3, -0.25) is 4.79 Å². The number of ether oxygens (including phenoxy) is 1. The summed E-state index contributed by atoms with van der Waals surface area (Å²) < 4.78 is 5.04. The van der Waals surface area contributed by atoms with Gasteiger partial charge in [0.2, 0.25) is 0 Å². The second-order valence-electron chi connectivity index (χ2n) is 6.85. The number of hydrogen-bond acceptors (Lipinski definition) is 4. The second kappa shape index (κ2) is 11.5. The average Bonchev–Trinajstić information content (AvgIpc) is 2.75. The smallest absolute Gasteiger partial charge is 0.333 e. The van der Waals surface area contributed by atoms with Crippen molar-refractivity contribution in [2.45, 2.75) is 32.6 Å². The molecule has 0 radical (unpaired) electrons. The first-order valence-corrected chi connectivity index (χ1v) is 9.72. The molecule has 2 aromatic rings. The van der Waals surface area contributed by atoms with E-state index in [0.29, 0.717) is 29.9 Å². The van der Waals surface area contributed by atoms with E-state index in [1.807, 2.05) is 24.3 Å². The predicted molar refractivity (Wildman–Crippen MR) is 113 cm³/mol. The first-order valence-electron chi connectivity index (χ1n) is 9.72. The molecule has 0 unspecified atom stereocenters. The molecule has 5 heteroatoms. The molecule has 2 rings (SSSR count). The highest BCUT2D eigenvalue weighted by Gasteiger charge is 2.06. The van der Waals surface area contributed by atoms with Crippen LogP contribution in [0.3, 0.4) is 0 Å². The minimum atomic E-state index is -0.345. The fourth-order valence-electron chi connectivity index (χ4n) is 2.72. The van der Waals surface area contributed by atoms with Gasteiger partial charge in [0.15, 0.2) is 0 Å². The third-order valence-electron chi connectivity index (χ3n) is 4.43. The molecule has 0 fully saturated rings. The molecule has 2 aromatic carbocycles. The molecule has 0 aliphatic carbocycles. The molecular weight excluding hydrogens is 364 g/mol. The number of nitriles is 1. The molecule has 0 bridgehead atoms. The lowest BCUT2D eigenvalue weighted by molar-refractivity contribution is -0.139. The molecule has 29 heavy (non-hydrogen) atoms. The molecule has 150 valence electrons. The Kier molecular flexibility index (Phi) is 8.65. The Labute approximate surface area is 172 Å². The molecule has 1 N–H and O–H groups in total. The highest BCUT2D eigenvalue weighted by atomic mass is 16.5. The summed E-state index contributed by atoms with van der Waals surface area (Å²) in [6.07, 6.45) is 3.59. The van der Waals surface area contributed by atoms with Gasteiger partial charge in [0.25, 0.3) is 5.91 Å². The van der Waals surface area contributed by atoms with Crippen LogP contribution in [-0.4, -0.2) is 25.0 Å². The number of nitrogens with one attached hydrogen (secondary N) is 1. The summed E-state index contributed by atoms with van der Waals surface area (Å²) >= 11 is 0. The van der Waals surface area contributed by atoms with E-state index in [0.717, 1.165) is 36.8 Å². The molecule has 0 saturated carbocycles. The van der Waals surface area contributed by atoms with Crippen LogP contribution in [0.2, 0.25) is 0 Å². The van der Waals surface area contributed by atoms with Gasteiger partial charge in [-0.05, 0) is 61.6 Å². The molecule has 0 aromatic heterocycles. The quantitative estimate of drug-likeness (QED) is 0.364. The van der Waals surface area contributed by atoms with E-state index in [2.05, 4.69) is 18.0 Å². The topological polar surface area (TPSA) is 79.2 Å². The van der Waals surface area contributed by atoms with Crippen molar-refractivity contribution >= 4 is 11.9 Å². The number of hydrogen-bond donors (Lipinski definition) is 1. The number of carbonyl (C=O) groups is 2. The number of unbranched alkanes of at least 4 members (excludes halogenated alkanes) is 3. The molecule has 0 spiro atoms. The van der Waals surface area contributed by atoms with E-state index in [4.69, 9.17) is 10.00 Å². The van der Waals surface area contributed by atoms with Crippen LogP contribution in [0.25, 0.3) is 11.1 Å². The van der Waals surface area contributed by atoms with Gasteiger partial charge in [0.1, 0.15) is 0 Å². The van der Waals surface area contributed by atoms with Gasteiger partial charge in [-0.15, -0.1) is 0 Å². The van der Waals surface area contributed by atoms with Gasteiger partial charge in [0, 0.05) is 17.7 Å². The monoisotopic (exact) mass is 390 g/mol. The van der Waals surface area contributed by atoms with Crippen molar-refractivity contribution < 1.29 is 14.3 Å². The van der Waals surface area contributed by atoms with Gasteiger partial charge in [-0.1, -0.05) is 37.3 Å². The zero-order valence-electron chi connectivity index (χ0n) is 16.7. The Morgan fingerprint density at radius 3 is 2.14 bits per heavy atom. The van der Waals surface area contributed by atoms with Crippen molar-refractivity contribution in [1.29, 1.82) is 5.26 Å². The summed E-state index contributed by atoms with van der Waals surface area (Å²) in [7, 11) is 0. The summed E-state index contributed by atoms with van der Waals surface area (Å²) in [5.74, 6) is -0.436. The van der Waals surface area contributed by atoms with Crippen LogP contribution in [0.4, 0.5) is 0 Å². The zero-order chi connectivity index (χ0) is 21.1. The van der Waals surface area contributed by atoms with Gasteiger partial charge in [-0.2, -0.15) is 5.26 Å². The number of amides is 1. The molecule has 0 atom stereocenters. The maximum Gasteiger partial charge on any atom is 0.333 e. The second-order valence-corrected chi connectivity index (χ2v) is 6.85. The Hall–Kier alpha value is -3.39.